The summed E-state index contributed by atoms with van der Waals surface area (Å²) < 4.78 is 19.0. The van der Waals surface area contributed by atoms with Crippen molar-refractivity contribution in [2.45, 2.75) is 6.92 Å². The zero-order chi connectivity index (χ0) is 16.9. The highest BCUT2D eigenvalue weighted by molar-refractivity contribution is 6.04. The molecule has 0 aliphatic carbocycles. The number of carbonyl (C=O) groups excluding carboxylic acids is 1. The molecular formula is C19H15FN2O2. The molecule has 1 aromatic heterocycles. The van der Waals surface area contributed by atoms with Gasteiger partial charge in [-0.25, -0.2) is 4.39 Å². The van der Waals surface area contributed by atoms with Crippen LogP contribution in [0.5, 0.6) is 11.5 Å². The van der Waals surface area contributed by atoms with Gasteiger partial charge in [0.2, 0.25) is 0 Å². The molecule has 0 saturated carbocycles. The van der Waals surface area contributed by atoms with Crippen molar-refractivity contribution in [3.05, 3.63) is 83.9 Å². The average Bonchev–Trinajstić information content (AvgIpc) is 2.58. The van der Waals surface area contributed by atoms with E-state index >= 15 is 0 Å². The Morgan fingerprint density at radius 2 is 1.92 bits per heavy atom. The molecule has 1 N–H and O–H groups in total. The molecule has 0 saturated heterocycles. The molecule has 0 radical (unpaired) electrons. The molecule has 1 amide bonds. The number of nitrogens with zero attached hydrogens (tertiary/aromatic N) is 1. The molecule has 120 valence electrons. The minimum Gasteiger partial charge on any atom is -0.456 e. The molecule has 0 spiro atoms. The first kappa shape index (κ1) is 15.7. The van der Waals surface area contributed by atoms with E-state index in [0.717, 1.165) is 0 Å². The summed E-state index contributed by atoms with van der Waals surface area (Å²) >= 11 is 0. The van der Waals surface area contributed by atoms with E-state index in [1.54, 1.807) is 55.7 Å². The van der Waals surface area contributed by atoms with Gasteiger partial charge >= 0.3 is 0 Å². The Kier molecular flexibility index (Phi) is 4.52. The Morgan fingerprint density at radius 3 is 2.67 bits per heavy atom. The van der Waals surface area contributed by atoms with Gasteiger partial charge < -0.3 is 10.1 Å². The summed E-state index contributed by atoms with van der Waals surface area (Å²) in [6, 6.07) is 14.8. The summed E-state index contributed by atoms with van der Waals surface area (Å²) in [6.07, 6.45) is 3.26. The quantitative estimate of drug-likeness (QED) is 0.765. The van der Waals surface area contributed by atoms with Gasteiger partial charge in [-0.3, -0.25) is 9.78 Å². The maximum absolute atomic E-state index is 13.3. The molecule has 24 heavy (non-hydrogen) atoms. The number of halogens is 1. The molecule has 3 rings (SSSR count). The monoisotopic (exact) mass is 322 g/mol. The Morgan fingerprint density at radius 1 is 1.08 bits per heavy atom. The number of aryl methyl sites for hydroxylation is 1. The highest BCUT2D eigenvalue weighted by Crippen LogP contribution is 2.23. The summed E-state index contributed by atoms with van der Waals surface area (Å²) in [5.74, 6) is 0.543. The van der Waals surface area contributed by atoms with Crippen LogP contribution in [0.2, 0.25) is 0 Å². The lowest BCUT2D eigenvalue weighted by atomic mass is 10.1. The largest absolute Gasteiger partial charge is 0.456 e. The molecule has 2 aromatic carbocycles. The Labute approximate surface area is 138 Å². The van der Waals surface area contributed by atoms with Crippen molar-refractivity contribution in [3.63, 3.8) is 0 Å². The number of aromatic nitrogens is 1. The molecule has 3 aromatic rings. The molecule has 0 atom stereocenters. The van der Waals surface area contributed by atoms with E-state index in [9.17, 15) is 9.18 Å². The number of pyridine rings is 1. The SMILES string of the molecule is Cc1cc(C(=O)Nc2cccc(Oc3cccnc3)c2)ccc1F. The van der Waals surface area contributed by atoms with Crippen molar-refractivity contribution in [2.75, 3.05) is 5.32 Å². The van der Waals surface area contributed by atoms with Crippen LogP contribution < -0.4 is 10.1 Å². The third-order valence-electron chi connectivity index (χ3n) is 3.38. The van der Waals surface area contributed by atoms with Gasteiger partial charge in [0, 0.05) is 23.5 Å². The number of amides is 1. The first-order valence-corrected chi connectivity index (χ1v) is 7.37. The molecule has 0 aliphatic heterocycles. The van der Waals surface area contributed by atoms with Crippen molar-refractivity contribution in [1.29, 1.82) is 0 Å². The van der Waals surface area contributed by atoms with Crippen LogP contribution in [0.4, 0.5) is 10.1 Å². The van der Waals surface area contributed by atoms with Gasteiger partial charge in [0.05, 0.1) is 6.20 Å². The maximum atomic E-state index is 13.3. The smallest absolute Gasteiger partial charge is 0.255 e. The Bertz CT molecular complexity index is 866. The van der Waals surface area contributed by atoms with Crippen LogP contribution in [-0.2, 0) is 0 Å². The van der Waals surface area contributed by atoms with Crippen molar-refractivity contribution in [2.24, 2.45) is 0 Å². The third-order valence-corrected chi connectivity index (χ3v) is 3.38. The number of anilines is 1. The second kappa shape index (κ2) is 6.91. The lowest BCUT2D eigenvalue weighted by Crippen LogP contribution is -2.12. The number of nitrogens with one attached hydrogen (secondary N) is 1. The van der Waals surface area contributed by atoms with Crippen molar-refractivity contribution < 1.29 is 13.9 Å². The molecule has 0 aliphatic rings. The first-order chi connectivity index (χ1) is 11.6. The van der Waals surface area contributed by atoms with Crippen LogP contribution >= 0.6 is 0 Å². The molecular weight excluding hydrogens is 307 g/mol. The second-order valence-electron chi connectivity index (χ2n) is 5.24. The Balaban J connectivity index is 1.74. The average molecular weight is 322 g/mol. The highest BCUT2D eigenvalue weighted by atomic mass is 19.1. The molecule has 5 heteroatoms. The molecule has 0 unspecified atom stereocenters. The van der Waals surface area contributed by atoms with Crippen molar-refractivity contribution >= 4 is 11.6 Å². The fraction of sp³-hybridized carbons (Fsp3) is 0.0526. The maximum Gasteiger partial charge on any atom is 0.255 e. The molecule has 1 heterocycles. The first-order valence-electron chi connectivity index (χ1n) is 7.37. The van der Waals surface area contributed by atoms with Gasteiger partial charge in [-0.1, -0.05) is 6.07 Å². The van der Waals surface area contributed by atoms with Gasteiger partial charge in [0.25, 0.3) is 5.91 Å². The number of carbonyl (C=O) groups is 1. The van der Waals surface area contributed by atoms with E-state index in [1.165, 1.54) is 18.2 Å². The zero-order valence-corrected chi connectivity index (χ0v) is 13.0. The number of hydrogen-bond donors (Lipinski definition) is 1. The van der Waals surface area contributed by atoms with Crippen LogP contribution in [0.15, 0.2) is 67.0 Å². The van der Waals surface area contributed by atoms with Crippen LogP contribution in [0.1, 0.15) is 15.9 Å². The minimum atomic E-state index is -0.335. The van der Waals surface area contributed by atoms with E-state index in [-0.39, 0.29) is 11.7 Å². The summed E-state index contributed by atoms with van der Waals surface area (Å²) in [4.78, 5) is 16.2. The molecule has 0 fully saturated rings. The van der Waals surface area contributed by atoms with Crippen molar-refractivity contribution in [1.82, 2.24) is 4.98 Å². The van der Waals surface area contributed by atoms with E-state index in [4.69, 9.17) is 4.74 Å². The number of ether oxygens (including phenoxy) is 1. The second-order valence-corrected chi connectivity index (χ2v) is 5.24. The molecule has 0 bridgehead atoms. The van der Waals surface area contributed by atoms with E-state index in [0.29, 0.717) is 28.3 Å². The van der Waals surface area contributed by atoms with Gasteiger partial charge in [-0.2, -0.15) is 0 Å². The van der Waals surface area contributed by atoms with Crippen LogP contribution in [0, 0.1) is 12.7 Å². The van der Waals surface area contributed by atoms with Crippen LogP contribution in [0.3, 0.4) is 0 Å². The number of hydrogen-bond acceptors (Lipinski definition) is 3. The Hall–Kier alpha value is -3.21. The minimum absolute atomic E-state index is 0.309. The fourth-order valence-electron chi connectivity index (χ4n) is 2.17. The predicted octanol–water partition coefficient (Wildman–Crippen LogP) is 4.57. The van der Waals surface area contributed by atoms with Crippen LogP contribution in [-0.4, -0.2) is 10.9 Å². The zero-order valence-electron chi connectivity index (χ0n) is 13.0. The fourth-order valence-corrected chi connectivity index (χ4v) is 2.17. The lowest BCUT2D eigenvalue weighted by molar-refractivity contribution is 0.102. The van der Waals surface area contributed by atoms with E-state index < -0.39 is 0 Å². The lowest BCUT2D eigenvalue weighted by Gasteiger charge is -2.09. The van der Waals surface area contributed by atoms with Gasteiger partial charge in [-0.05, 0) is 55.0 Å². The molecule has 4 nitrogen and oxygen atoms in total. The topological polar surface area (TPSA) is 51.2 Å². The number of benzene rings is 2. The van der Waals surface area contributed by atoms with Gasteiger partial charge in [0.15, 0.2) is 0 Å². The standard InChI is InChI=1S/C19H15FN2O2/c1-13-10-14(7-8-18(13)20)19(23)22-15-4-2-5-16(11-15)24-17-6-3-9-21-12-17/h2-12H,1H3,(H,22,23). The predicted molar refractivity (Wildman–Crippen MR) is 89.8 cm³/mol. The third kappa shape index (κ3) is 3.76. The van der Waals surface area contributed by atoms with E-state index in [2.05, 4.69) is 10.3 Å². The van der Waals surface area contributed by atoms with E-state index in [1.807, 2.05) is 0 Å². The van der Waals surface area contributed by atoms with Gasteiger partial charge in [-0.15, -0.1) is 0 Å². The summed E-state index contributed by atoms with van der Waals surface area (Å²) in [5, 5.41) is 2.77. The number of rotatable bonds is 4. The van der Waals surface area contributed by atoms with Crippen LogP contribution in [0.25, 0.3) is 0 Å². The highest BCUT2D eigenvalue weighted by Gasteiger charge is 2.09. The van der Waals surface area contributed by atoms with Crippen molar-refractivity contribution in [3.8, 4) is 11.5 Å². The summed E-state index contributed by atoms with van der Waals surface area (Å²) in [5.41, 5.74) is 1.41. The van der Waals surface area contributed by atoms with Gasteiger partial charge in [0.1, 0.15) is 17.3 Å². The summed E-state index contributed by atoms with van der Waals surface area (Å²) in [6.45, 7) is 1.62. The summed E-state index contributed by atoms with van der Waals surface area (Å²) in [7, 11) is 0. The normalized spacial score (nSPS) is 10.2.